The van der Waals surface area contributed by atoms with Crippen LogP contribution in [0.15, 0.2) is 24.3 Å². The molecule has 0 bridgehead atoms. The standard InChI is InChI=1S/C17H23N7O/c1-23-9-3-6-15(23)11-18-17(25)19-13-5-2-4-12(10-13)16-20-21-22-24(16)14-7-8-14/h2,4-5,10,14-15H,3,6-9,11H2,1H3,(H2,18,19,25)/t15-/m0/s1. The van der Waals surface area contributed by atoms with E-state index in [2.05, 4.69) is 38.1 Å². The lowest BCUT2D eigenvalue weighted by Gasteiger charge is -2.19. The third-order valence-corrected chi connectivity index (χ3v) is 4.93. The Morgan fingerprint density at radius 1 is 1.32 bits per heavy atom. The lowest BCUT2D eigenvalue weighted by molar-refractivity contribution is 0.245. The average molecular weight is 341 g/mol. The lowest BCUT2D eigenvalue weighted by atomic mass is 10.2. The van der Waals surface area contributed by atoms with Gasteiger partial charge in [0.15, 0.2) is 5.82 Å². The molecule has 2 amide bonds. The van der Waals surface area contributed by atoms with Gasteiger partial charge >= 0.3 is 6.03 Å². The van der Waals surface area contributed by atoms with Gasteiger partial charge in [-0.1, -0.05) is 12.1 Å². The van der Waals surface area contributed by atoms with Crippen LogP contribution in [0.2, 0.25) is 0 Å². The quantitative estimate of drug-likeness (QED) is 0.867. The third kappa shape index (κ3) is 3.63. The highest BCUT2D eigenvalue weighted by Crippen LogP contribution is 2.36. The largest absolute Gasteiger partial charge is 0.336 e. The number of nitrogens with one attached hydrogen (secondary N) is 2. The van der Waals surface area contributed by atoms with E-state index in [9.17, 15) is 4.79 Å². The van der Waals surface area contributed by atoms with E-state index in [0.29, 0.717) is 18.6 Å². The van der Waals surface area contributed by atoms with Crippen LogP contribution >= 0.6 is 0 Å². The van der Waals surface area contributed by atoms with E-state index >= 15 is 0 Å². The van der Waals surface area contributed by atoms with Crippen LogP contribution in [-0.4, -0.2) is 57.3 Å². The van der Waals surface area contributed by atoms with E-state index in [1.807, 2.05) is 28.9 Å². The van der Waals surface area contributed by atoms with Gasteiger partial charge in [-0.05, 0) is 61.8 Å². The molecule has 25 heavy (non-hydrogen) atoms. The second kappa shape index (κ2) is 6.79. The summed E-state index contributed by atoms with van der Waals surface area (Å²) in [4.78, 5) is 14.5. The fourth-order valence-corrected chi connectivity index (χ4v) is 3.31. The molecule has 1 aliphatic carbocycles. The molecule has 2 aliphatic rings. The van der Waals surface area contributed by atoms with Crippen LogP contribution in [0.4, 0.5) is 10.5 Å². The molecule has 8 nitrogen and oxygen atoms in total. The van der Waals surface area contributed by atoms with Gasteiger partial charge in [0.2, 0.25) is 0 Å². The topological polar surface area (TPSA) is 88.0 Å². The van der Waals surface area contributed by atoms with E-state index in [4.69, 9.17) is 0 Å². The first kappa shape index (κ1) is 16.0. The number of urea groups is 1. The molecular formula is C17H23N7O. The predicted octanol–water partition coefficient (Wildman–Crippen LogP) is 1.89. The van der Waals surface area contributed by atoms with Gasteiger partial charge in [0.25, 0.3) is 0 Å². The Balaban J connectivity index is 1.39. The first-order valence-electron chi connectivity index (χ1n) is 8.84. The number of likely N-dealkylation sites (N-methyl/N-ethyl adjacent to an activating group) is 1. The molecule has 1 aromatic carbocycles. The van der Waals surface area contributed by atoms with Crippen molar-refractivity contribution in [1.82, 2.24) is 30.4 Å². The van der Waals surface area contributed by atoms with Crippen molar-refractivity contribution in [2.75, 3.05) is 25.5 Å². The number of carbonyl (C=O) groups excluding carboxylic acids is 1. The Morgan fingerprint density at radius 3 is 2.96 bits per heavy atom. The summed E-state index contributed by atoms with van der Waals surface area (Å²) in [6.45, 7) is 1.77. The SMILES string of the molecule is CN1CCC[C@H]1CNC(=O)Nc1cccc(-c2nnnn2C2CC2)c1. The molecule has 2 aromatic rings. The van der Waals surface area contributed by atoms with Crippen LogP contribution in [-0.2, 0) is 0 Å². The molecule has 2 fully saturated rings. The predicted molar refractivity (Wildman–Crippen MR) is 94.2 cm³/mol. The van der Waals surface area contributed by atoms with E-state index < -0.39 is 0 Å². The lowest BCUT2D eigenvalue weighted by Crippen LogP contribution is -2.40. The van der Waals surface area contributed by atoms with Crippen LogP contribution in [0.25, 0.3) is 11.4 Å². The monoisotopic (exact) mass is 341 g/mol. The smallest absolute Gasteiger partial charge is 0.319 e. The Morgan fingerprint density at radius 2 is 2.20 bits per heavy atom. The van der Waals surface area contributed by atoms with E-state index in [0.717, 1.165) is 42.9 Å². The maximum Gasteiger partial charge on any atom is 0.319 e. The highest BCUT2D eigenvalue weighted by Gasteiger charge is 2.28. The van der Waals surface area contributed by atoms with Crippen LogP contribution in [0.3, 0.4) is 0 Å². The van der Waals surface area contributed by atoms with Crippen molar-refractivity contribution in [2.45, 2.75) is 37.8 Å². The first-order chi connectivity index (χ1) is 12.2. The fraction of sp³-hybridized carbons (Fsp3) is 0.529. The molecule has 1 aromatic heterocycles. The molecule has 4 rings (SSSR count). The van der Waals surface area contributed by atoms with Gasteiger partial charge in [-0.3, -0.25) is 0 Å². The first-order valence-corrected chi connectivity index (χ1v) is 8.84. The minimum absolute atomic E-state index is 0.181. The van der Waals surface area contributed by atoms with Crippen molar-refractivity contribution in [3.8, 4) is 11.4 Å². The van der Waals surface area contributed by atoms with Gasteiger partial charge in [0, 0.05) is 23.8 Å². The van der Waals surface area contributed by atoms with E-state index in [1.165, 1.54) is 6.42 Å². The number of hydrogen-bond acceptors (Lipinski definition) is 5. The van der Waals surface area contributed by atoms with Gasteiger partial charge in [-0.25, -0.2) is 9.48 Å². The van der Waals surface area contributed by atoms with Gasteiger partial charge in [-0.15, -0.1) is 5.10 Å². The number of benzene rings is 1. The highest BCUT2D eigenvalue weighted by atomic mass is 16.2. The normalized spacial score (nSPS) is 20.6. The molecule has 0 unspecified atom stereocenters. The van der Waals surface area contributed by atoms with Gasteiger partial charge in [0.1, 0.15) is 0 Å². The molecule has 1 saturated heterocycles. The molecular weight excluding hydrogens is 318 g/mol. The second-order valence-corrected chi connectivity index (χ2v) is 6.87. The highest BCUT2D eigenvalue weighted by molar-refractivity contribution is 5.89. The Kier molecular flexibility index (Phi) is 4.35. The molecule has 2 N–H and O–H groups in total. The van der Waals surface area contributed by atoms with Gasteiger partial charge in [-0.2, -0.15) is 0 Å². The fourth-order valence-electron chi connectivity index (χ4n) is 3.31. The molecule has 0 radical (unpaired) electrons. The Labute approximate surface area is 146 Å². The summed E-state index contributed by atoms with van der Waals surface area (Å²) in [5.74, 6) is 0.749. The number of amides is 2. The molecule has 1 atom stereocenters. The van der Waals surface area contributed by atoms with Crippen molar-refractivity contribution in [3.63, 3.8) is 0 Å². The summed E-state index contributed by atoms with van der Waals surface area (Å²) in [5.41, 5.74) is 1.64. The molecule has 2 heterocycles. The van der Waals surface area contributed by atoms with Crippen molar-refractivity contribution in [2.24, 2.45) is 0 Å². The Hall–Kier alpha value is -2.48. The maximum absolute atomic E-state index is 12.2. The third-order valence-electron chi connectivity index (χ3n) is 4.93. The number of likely N-dealkylation sites (tertiary alicyclic amines) is 1. The summed E-state index contributed by atoms with van der Waals surface area (Å²) >= 11 is 0. The zero-order valence-electron chi connectivity index (χ0n) is 14.4. The minimum atomic E-state index is -0.181. The minimum Gasteiger partial charge on any atom is -0.336 e. The number of anilines is 1. The number of nitrogens with zero attached hydrogens (tertiary/aromatic N) is 5. The number of aromatic nitrogens is 4. The molecule has 0 spiro atoms. The van der Waals surface area contributed by atoms with Crippen molar-refractivity contribution < 1.29 is 4.79 Å². The Bertz CT molecular complexity index is 755. The zero-order chi connectivity index (χ0) is 17.2. The molecule has 1 aliphatic heterocycles. The van der Waals surface area contributed by atoms with Crippen molar-refractivity contribution in [1.29, 1.82) is 0 Å². The van der Waals surface area contributed by atoms with Gasteiger partial charge in [0.05, 0.1) is 6.04 Å². The van der Waals surface area contributed by atoms with Crippen LogP contribution in [0, 0.1) is 0 Å². The molecule has 1 saturated carbocycles. The maximum atomic E-state index is 12.2. The van der Waals surface area contributed by atoms with Crippen molar-refractivity contribution in [3.05, 3.63) is 24.3 Å². The number of rotatable bonds is 5. The van der Waals surface area contributed by atoms with Crippen molar-refractivity contribution >= 4 is 11.7 Å². The van der Waals surface area contributed by atoms with Crippen LogP contribution in [0.5, 0.6) is 0 Å². The van der Waals surface area contributed by atoms with Crippen LogP contribution in [0.1, 0.15) is 31.7 Å². The van der Waals surface area contributed by atoms with E-state index in [1.54, 1.807) is 0 Å². The molecule has 132 valence electrons. The summed E-state index contributed by atoms with van der Waals surface area (Å²) in [5, 5.41) is 17.9. The number of hydrogen-bond donors (Lipinski definition) is 2. The van der Waals surface area contributed by atoms with Crippen LogP contribution < -0.4 is 10.6 Å². The van der Waals surface area contributed by atoms with Gasteiger partial charge < -0.3 is 15.5 Å². The average Bonchev–Trinajstić information content (AvgIpc) is 3.18. The summed E-state index contributed by atoms with van der Waals surface area (Å²) in [7, 11) is 2.10. The van der Waals surface area contributed by atoms with E-state index in [-0.39, 0.29) is 6.03 Å². The molecule has 8 heteroatoms. The summed E-state index contributed by atoms with van der Waals surface area (Å²) in [6.07, 6.45) is 4.57. The summed E-state index contributed by atoms with van der Waals surface area (Å²) in [6, 6.07) is 8.30. The zero-order valence-corrected chi connectivity index (χ0v) is 14.4. The second-order valence-electron chi connectivity index (χ2n) is 6.87. The number of carbonyl (C=O) groups is 1. The summed E-state index contributed by atoms with van der Waals surface area (Å²) < 4.78 is 1.87. The number of tetrazole rings is 1.